The first-order valence-corrected chi connectivity index (χ1v) is 11.7. The Labute approximate surface area is 175 Å². The van der Waals surface area contributed by atoms with E-state index in [1.165, 1.54) is 11.3 Å². The number of sulfonamides is 1. The van der Waals surface area contributed by atoms with Crippen LogP contribution in [-0.4, -0.2) is 29.6 Å². The van der Waals surface area contributed by atoms with E-state index in [1.807, 2.05) is 36.6 Å². The van der Waals surface area contributed by atoms with Crippen molar-refractivity contribution in [3.05, 3.63) is 69.6 Å². The molecule has 0 aliphatic heterocycles. The van der Waals surface area contributed by atoms with Gasteiger partial charge >= 0.3 is 0 Å². The minimum atomic E-state index is -3.54. The Balaban J connectivity index is 1.49. The van der Waals surface area contributed by atoms with Gasteiger partial charge in [-0.25, -0.2) is 17.7 Å². The molecule has 1 N–H and O–H groups in total. The monoisotopic (exact) mass is 476 g/mol. The minimum absolute atomic E-state index is 0.244. The van der Waals surface area contributed by atoms with Crippen molar-refractivity contribution < 1.29 is 8.42 Å². The molecule has 0 unspecified atom stereocenters. The first-order chi connectivity index (χ1) is 13.4. The van der Waals surface area contributed by atoms with Crippen LogP contribution in [-0.2, 0) is 16.4 Å². The number of halogens is 1. The number of thiazole rings is 1. The zero-order valence-corrected chi connectivity index (χ0v) is 18.2. The lowest BCUT2D eigenvalue weighted by molar-refractivity contribution is 0.581. The molecular formula is C19H17BrN4O2S2. The summed E-state index contributed by atoms with van der Waals surface area (Å²) in [6.45, 7) is 2.31. The fourth-order valence-electron chi connectivity index (χ4n) is 2.81. The zero-order chi connectivity index (χ0) is 19.7. The molecule has 0 saturated carbocycles. The van der Waals surface area contributed by atoms with Gasteiger partial charge < -0.3 is 0 Å². The Morgan fingerprint density at radius 1 is 1.18 bits per heavy atom. The Hall–Kier alpha value is -2.07. The number of rotatable bonds is 6. The smallest absolute Gasteiger partial charge is 0.211 e. The molecule has 144 valence electrons. The van der Waals surface area contributed by atoms with Crippen molar-refractivity contribution in [3.63, 3.8) is 0 Å². The number of aryl methyl sites for hydroxylation is 1. The average molecular weight is 477 g/mol. The van der Waals surface area contributed by atoms with Gasteiger partial charge in [0.25, 0.3) is 0 Å². The van der Waals surface area contributed by atoms with Gasteiger partial charge in [0.15, 0.2) is 5.82 Å². The molecule has 4 rings (SSSR count). The van der Waals surface area contributed by atoms with Crippen molar-refractivity contribution in [1.29, 1.82) is 0 Å². The quantitative estimate of drug-likeness (QED) is 0.455. The summed E-state index contributed by atoms with van der Waals surface area (Å²) in [7, 11) is -3.54. The molecule has 0 amide bonds. The highest BCUT2D eigenvalue weighted by Crippen LogP contribution is 2.22. The van der Waals surface area contributed by atoms with Gasteiger partial charge in [0.2, 0.25) is 15.0 Å². The van der Waals surface area contributed by atoms with Crippen molar-refractivity contribution in [2.24, 2.45) is 0 Å². The molecule has 4 aromatic rings. The SMILES string of the molecule is Cc1cccc(-c2nc3scc(CCNS(=O)(=O)c4ccc(Br)cc4)n3n2)c1. The minimum Gasteiger partial charge on any atom is -0.211 e. The molecule has 0 spiro atoms. The van der Waals surface area contributed by atoms with Gasteiger partial charge in [-0.1, -0.05) is 39.7 Å². The number of fused-ring (bicyclic) bond motifs is 1. The van der Waals surface area contributed by atoms with Gasteiger partial charge in [-0.15, -0.1) is 16.4 Å². The Bertz CT molecular complexity index is 1230. The van der Waals surface area contributed by atoms with E-state index in [-0.39, 0.29) is 11.4 Å². The van der Waals surface area contributed by atoms with Crippen LogP contribution in [0.1, 0.15) is 11.3 Å². The van der Waals surface area contributed by atoms with Crippen molar-refractivity contribution in [3.8, 4) is 11.4 Å². The number of nitrogens with one attached hydrogen (secondary N) is 1. The van der Waals surface area contributed by atoms with Crippen LogP contribution in [0.3, 0.4) is 0 Å². The molecule has 0 fully saturated rings. The van der Waals surface area contributed by atoms with Crippen LogP contribution in [0, 0.1) is 6.92 Å². The first-order valence-electron chi connectivity index (χ1n) is 8.58. The maximum absolute atomic E-state index is 12.4. The number of hydrogen-bond donors (Lipinski definition) is 1. The summed E-state index contributed by atoms with van der Waals surface area (Å²) in [5, 5.41) is 6.56. The average Bonchev–Trinajstić information content (AvgIpc) is 3.24. The number of benzene rings is 2. The van der Waals surface area contributed by atoms with E-state index >= 15 is 0 Å². The summed E-state index contributed by atoms with van der Waals surface area (Å²) in [6, 6.07) is 14.6. The second-order valence-corrected chi connectivity index (χ2v) is 9.85. The van der Waals surface area contributed by atoms with E-state index in [1.54, 1.807) is 28.8 Å². The summed E-state index contributed by atoms with van der Waals surface area (Å²) in [4.78, 5) is 5.62. The highest BCUT2D eigenvalue weighted by molar-refractivity contribution is 9.10. The maximum atomic E-state index is 12.4. The van der Waals surface area contributed by atoms with E-state index < -0.39 is 10.0 Å². The second kappa shape index (κ2) is 7.75. The van der Waals surface area contributed by atoms with E-state index in [0.717, 1.165) is 26.3 Å². The summed E-state index contributed by atoms with van der Waals surface area (Å²) in [5.74, 6) is 0.673. The first kappa shape index (κ1) is 19.3. The normalized spacial score (nSPS) is 11.9. The lowest BCUT2D eigenvalue weighted by atomic mass is 10.1. The Morgan fingerprint density at radius 2 is 1.96 bits per heavy atom. The van der Waals surface area contributed by atoms with Crippen LogP contribution in [0.2, 0.25) is 0 Å². The fourth-order valence-corrected chi connectivity index (χ4v) is 4.97. The number of nitrogens with zero attached hydrogens (tertiary/aromatic N) is 3. The largest absolute Gasteiger partial charge is 0.240 e. The Kier molecular flexibility index (Phi) is 5.33. The fraction of sp³-hybridized carbons (Fsp3) is 0.158. The predicted molar refractivity (Wildman–Crippen MR) is 114 cm³/mol. The molecule has 0 aliphatic rings. The summed E-state index contributed by atoms with van der Waals surface area (Å²) in [5.41, 5.74) is 3.04. The second-order valence-electron chi connectivity index (χ2n) is 6.33. The summed E-state index contributed by atoms with van der Waals surface area (Å²) < 4.78 is 30.1. The third-order valence-corrected chi connectivity index (χ3v) is 7.09. The molecule has 0 atom stereocenters. The number of aromatic nitrogens is 3. The highest BCUT2D eigenvalue weighted by atomic mass is 79.9. The lowest BCUT2D eigenvalue weighted by Crippen LogP contribution is -2.26. The molecule has 0 aliphatic carbocycles. The topological polar surface area (TPSA) is 76.4 Å². The van der Waals surface area contributed by atoms with E-state index in [9.17, 15) is 8.42 Å². The van der Waals surface area contributed by atoms with Gasteiger partial charge in [0, 0.05) is 28.4 Å². The van der Waals surface area contributed by atoms with Crippen LogP contribution in [0.15, 0.2) is 63.3 Å². The van der Waals surface area contributed by atoms with Crippen LogP contribution < -0.4 is 4.72 Å². The zero-order valence-electron chi connectivity index (χ0n) is 15.0. The van der Waals surface area contributed by atoms with E-state index in [4.69, 9.17) is 0 Å². The predicted octanol–water partition coefficient (Wildman–Crippen LogP) is 4.05. The lowest BCUT2D eigenvalue weighted by Gasteiger charge is -2.06. The van der Waals surface area contributed by atoms with Crippen LogP contribution in [0.25, 0.3) is 16.3 Å². The molecule has 2 aromatic carbocycles. The Morgan fingerprint density at radius 3 is 2.71 bits per heavy atom. The molecule has 2 heterocycles. The maximum Gasteiger partial charge on any atom is 0.240 e. The van der Waals surface area contributed by atoms with Crippen molar-refractivity contribution >= 4 is 42.3 Å². The van der Waals surface area contributed by atoms with Gasteiger partial charge in [-0.05, 0) is 37.3 Å². The number of hydrogen-bond acceptors (Lipinski definition) is 5. The summed E-state index contributed by atoms with van der Waals surface area (Å²) >= 11 is 4.80. The molecule has 0 radical (unpaired) electrons. The third-order valence-electron chi connectivity index (χ3n) is 4.22. The van der Waals surface area contributed by atoms with Gasteiger partial charge in [0.05, 0.1) is 10.6 Å². The highest BCUT2D eigenvalue weighted by Gasteiger charge is 2.15. The van der Waals surface area contributed by atoms with Gasteiger partial charge in [-0.2, -0.15) is 4.98 Å². The summed E-state index contributed by atoms with van der Waals surface area (Å²) in [6.07, 6.45) is 0.520. The molecule has 2 aromatic heterocycles. The molecule has 9 heteroatoms. The third kappa shape index (κ3) is 4.02. The molecule has 0 saturated heterocycles. The van der Waals surface area contributed by atoms with E-state index in [2.05, 4.69) is 30.7 Å². The van der Waals surface area contributed by atoms with Crippen molar-refractivity contribution in [1.82, 2.24) is 19.3 Å². The molecule has 28 heavy (non-hydrogen) atoms. The van der Waals surface area contributed by atoms with Crippen molar-refractivity contribution in [2.45, 2.75) is 18.2 Å². The van der Waals surface area contributed by atoms with Crippen LogP contribution >= 0.6 is 27.3 Å². The van der Waals surface area contributed by atoms with Gasteiger partial charge in [-0.3, -0.25) is 0 Å². The van der Waals surface area contributed by atoms with Gasteiger partial charge in [0.1, 0.15) is 0 Å². The molecule has 0 bridgehead atoms. The molecular weight excluding hydrogens is 460 g/mol. The van der Waals surface area contributed by atoms with Crippen LogP contribution in [0.4, 0.5) is 0 Å². The molecule has 6 nitrogen and oxygen atoms in total. The standard InChI is InChI=1S/C19H17BrN4O2S2/c1-13-3-2-4-14(11-13)18-22-19-24(23-18)16(12-27-19)9-10-21-28(25,26)17-7-5-15(20)6-8-17/h2-8,11-12,21H,9-10H2,1H3. The van der Waals surface area contributed by atoms with Crippen molar-refractivity contribution in [2.75, 3.05) is 6.54 Å². The van der Waals surface area contributed by atoms with Crippen LogP contribution in [0.5, 0.6) is 0 Å². The van der Waals surface area contributed by atoms with E-state index in [0.29, 0.717) is 12.2 Å².